The van der Waals surface area contributed by atoms with E-state index in [-0.39, 0.29) is 96.2 Å². The molecule has 0 amide bonds. The number of carboxylic acid groups (broad SMARTS) is 3. The summed E-state index contributed by atoms with van der Waals surface area (Å²) < 4.78 is 122. The highest BCUT2D eigenvalue weighted by Gasteiger charge is 2.84. The molecule has 0 unspecified atom stereocenters. The molecule has 1 aromatic rings. The molecule has 1 fully saturated rings. The summed E-state index contributed by atoms with van der Waals surface area (Å²) >= 11 is 0. The standard InChI is InChI=1S/C27H35F9N4O6/c28-25(29,30)24(26(31,32)33,27(34,35)36)20-5-3-19(4-6-20)15-37-7-1-8-39(17-22(43)44)13-14-40(18-23(45)46)10-2-9-38(12-11-37)16-21(41)42/h3-6H,1-2,7-18H2,(H,41,42)(H,43,44)(H,45,46). The first-order chi connectivity index (χ1) is 21.2. The quantitative estimate of drug-likeness (QED) is 0.334. The molecule has 0 saturated carbocycles. The van der Waals surface area contributed by atoms with Gasteiger partial charge in [-0.15, -0.1) is 0 Å². The van der Waals surface area contributed by atoms with Gasteiger partial charge in [-0.3, -0.25) is 34.0 Å². The fourth-order valence-electron chi connectivity index (χ4n) is 5.35. The maximum Gasteiger partial charge on any atom is 0.416 e. The number of halogens is 9. The summed E-state index contributed by atoms with van der Waals surface area (Å²) in [5.41, 5.74) is -8.07. The van der Waals surface area contributed by atoms with Crippen LogP contribution in [0, 0.1) is 0 Å². The van der Waals surface area contributed by atoms with Gasteiger partial charge in [0.05, 0.1) is 19.6 Å². The molecule has 0 spiro atoms. The van der Waals surface area contributed by atoms with E-state index in [0.717, 1.165) is 12.1 Å². The molecule has 46 heavy (non-hydrogen) atoms. The van der Waals surface area contributed by atoms with Crippen LogP contribution in [0.2, 0.25) is 0 Å². The largest absolute Gasteiger partial charge is 0.480 e. The molecule has 3 N–H and O–H groups in total. The number of hydrogen-bond donors (Lipinski definition) is 3. The molecule has 0 atom stereocenters. The van der Waals surface area contributed by atoms with E-state index in [4.69, 9.17) is 0 Å². The van der Waals surface area contributed by atoms with Crippen molar-refractivity contribution >= 4 is 17.9 Å². The van der Waals surface area contributed by atoms with Gasteiger partial charge in [0.15, 0.2) is 0 Å². The Balaban J connectivity index is 2.35. The molecule has 262 valence electrons. The molecule has 1 aliphatic rings. The molecule has 1 saturated heterocycles. The summed E-state index contributed by atoms with van der Waals surface area (Å²) in [6.07, 6.45) is -19.6. The Kier molecular flexibility index (Phi) is 13.7. The van der Waals surface area contributed by atoms with Gasteiger partial charge in [-0.05, 0) is 30.5 Å². The fourth-order valence-corrected chi connectivity index (χ4v) is 5.35. The number of benzene rings is 1. The molecule has 1 heterocycles. The average Bonchev–Trinajstić information content (AvgIpc) is 2.87. The number of carbonyl (C=O) groups is 3. The number of rotatable bonds is 9. The lowest BCUT2D eigenvalue weighted by atomic mass is 9.77. The molecule has 1 aromatic carbocycles. The van der Waals surface area contributed by atoms with E-state index in [1.54, 1.807) is 19.6 Å². The molecule has 19 heteroatoms. The minimum Gasteiger partial charge on any atom is -0.480 e. The summed E-state index contributed by atoms with van der Waals surface area (Å²) in [4.78, 5) is 40.5. The number of carboxylic acids is 3. The SMILES string of the molecule is O=C(O)CN1CCCN(CC(=O)O)CCN(Cc2ccc(C(C(F)(F)F)(C(F)(F)F)C(F)(F)F)cc2)CCCN(CC(=O)O)CC1. The van der Waals surface area contributed by atoms with Gasteiger partial charge in [-0.1, -0.05) is 24.3 Å². The maximum absolute atomic E-state index is 13.5. The molecular formula is C27H35F9N4O6. The van der Waals surface area contributed by atoms with Crippen LogP contribution in [0.4, 0.5) is 39.5 Å². The predicted molar refractivity (Wildman–Crippen MR) is 143 cm³/mol. The molecule has 1 aliphatic heterocycles. The van der Waals surface area contributed by atoms with Crippen molar-refractivity contribution in [2.75, 3.05) is 72.0 Å². The van der Waals surface area contributed by atoms with Gasteiger partial charge in [-0.25, -0.2) is 0 Å². The second-order valence-electron chi connectivity index (χ2n) is 10.9. The van der Waals surface area contributed by atoms with Crippen molar-refractivity contribution in [2.24, 2.45) is 0 Å². The van der Waals surface area contributed by atoms with Gasteiger partial charge in [-0.2, -0.15) is 39.5 Å². The third-order valence-electron chi connectivity index (χ3n) is 7.51. The van der Waals surface area contributed by atoms with Crippen LogP contribution in [0.3, 0.4) is 0 Å². The molecule has 0 aliphatic carbocycles. The molecule has 0 aromatic heterocycles. The minimum absolute atomic E-state index is 0.0850. The van der Waals surface area contributed by atoms with Gasteiger partial charge in [0.2, 0.25) is 0 Å². The second-order valence-corrected chi connectivity index (χ2v) is 10.9. The molecule has 0 radical (unpaired) electrons. The summed E-state index contributed by atoms with van der Waals surface area (Å²) in [5.74, 6) is -3.39. The lowest BCUT2D eigenvalue weighted by molar-refractivity contribution is -0.387. The molecule has 0 bridgehead atoms. The van der Waals surface area contributed by atoms with Crippen LogP contribution in [-0.2, 0) is 26.3 Å². The van der Waals surface area contributed by atoms with Crippen LogP contribution < -0.4 is 0 Å². The highest BCUT2D eigenvalue weighted by molar-refractivity contribution is 5.69. The van der Waals surface area contributed by atoms with E-state index in [9.17, 15) is 69.2 Å². The first-order valence-corrected chi connectivity index (χ1v) is 14.0. The molecule has 10 nitrogen and oxygen atoms in total. The lowest BCUT2D eigenvalue weighted by Crippen LogP contribution is -2.63. The first kappa shape index (κ1) is 39.0. The van der Waals surface area contributed by atoms with E-state index >= 15 is 0 Å². The van der Waals surface area contributed by atoms with Crippen LogP contribution in [0.25, 0.3) is 0 Å². The van der Waals surface area contributed by atoms with Crippen LogP contribution in [0.15, 0.2) is 24.3 Å². The van der Waals surface area contributed by atoms with Crippen molar-refractivity contribution in [1.82, 2.24) is 19.6 Å². The van der Waals surface area contributed by atoms with Gasteiger partial charge in [0, 0.05) is 52.4 Å². The number of aliphatic carboxylic acids is 3. The average molecular weight is 683 g/mol. The normalized spacial score (nSPS) is 18.6. The molecule has 2 rings (SSSR count). The Bertz CT molecular complexity index is 1130. The lowest BCUT2D eigenvalue weighted by Gasteiger charge is -2.39. The fraction of sp³-hybridized carbons (Fsp3) is 0.667. The smallest absolute Gasteiger partial charge is 0.416 e. The summed E-state index contributed by atoms with van der Waals surface area (Å²) in [5, 5.41) is 27.9. The van der Waals surface area contributed by atoms with E-state index < -0.39 is 47.4 Å². The minimum atomic E-state index is -6.75. The Morgan fingerprint density at radius 2 is 0.826 bits per heavy atom. The van der Waals surface area contributed by atoms with Gasteiger partial charge in [0.25, 0.3) is 5.41 Å². The third-order valence-corrected chi connectivity index (χ3v) is 7.51. The first-order valence-electron chi connectivity index (χ1n) is 14.0. The van der Waals surface area contributed by atoms with Gasteiger partial charge < -0.3 is 15.3 Å². The highest BCUT2D eigenvalue weighted by atomic mass is 19.4. The van der Waals surface area contributed by atoms with Crippen molar-refractivity contribution in [1.29, 1.82) is 0 Å². The van der Waals surface area contributed by atoms with Crippen molar-refractivity contribution in [2.45, 2.75) is 43.3 Å². The Labute approximate surface area is 257 Å². The van der Waals surface area contributed by atoms with Crippen LogP contribution in [0.5, 0.6) is 0 Å². The van der Waals surface area contributed by atoms with Crippen LogP contribution >= 0.6 is 0 Å². The zero-order valence-electron chi connectivity index (χ0n) is 24.5. The zero-order chi connectivity index (χ0) is 34.9. The maximum atomic E-state index is 13.5. The van der Waals surface area contributed by atoms with E-state index in [0.29, 0.717) is 12.8 Å². The van der Waals surface area contributed by atoms with E-state index in [1.807, 2.05) is 0 Å². The zero-order valence-corrected chi connectivity index (χ0v) is 24.5. The monoisotopic (exact) mass is 682 g/mol. The van der Waals surface area contributed by atoms with Crippen LogP contribution in [0.1, 0.15) is 24.0 Å². The van der Waals surface area contributed by atoms with Crippen molar-refractivity contribution in [3.63, 3.8) is 0 Å². The number of alkyl halides is 9. The Morgan fingerprint density at radius 3 is 1.13 bits per heavy atom. The second kappa shape index (κ2) is 16.1. The summed E-state index contributed by atoms with van der Waals surface area (Å²) in [7, 11) is 0. The molecular weight excluding hydrogens is 647 g/mol. The highest BCUT2D eigenvalue weighted by Crippen LogP contribution is 2.60. The third kappa shape index (κ3) is 10.7. The van der Waals surface area contributed by atoms with E-state index in [2.05, 4.69) is 0 Å². The summed E-state index contributed by atoms with van der Waals surface area (Å²) in [6, 6.07) is 1.76. The topological polar surface area (TPSA) is 125 Å². The van der Waals surface area contributed by atoms with Crippen LogP contribution in [-0.4, -0.2) is 143 Å². The van der Waals surface area contributed by atoms with Gasteiger partial charge in [0.1, 0.15) is 0 Å². The van der Waals surface area contributed by atoms with Crippen molar-refractivity contribution in [3.05, 3.63) is 35.4 Å². The predicted octanol–water partition coefficient (Wildman–Crippen LogP) is 3.37. The summed E-state index contributed by atoms with van der Waals surface area (Å²) in [6.45, 7) is 0.298. The van der Waals surface area contributed by atoms with Crippen molar-refractivity contribution in [3.8, 4) is 0 Å². The Hall–Kier alpha value is -3.16. The van der Waals surface area contributed by atoms with E-state index in [1.165, 1.54) is 0 Å². The van der Waals surface area contributed by atoms with Crippen molar-refractivity contribution < 1.29 is 69.2 Å². The van der Waals surface area contributed by atoms with Gasteiger partial charge >= 0.3 is 36.4 Å². The number of hydrogen-bond acceptors (Lipinski definition) is 7. The Morgan fingerprint density at radius 1 is 0.522 bits per heavy atom. The number of nitrogens with zero attached hydrogens (tertiary/aromatic N) is 4.